The molecule has 1 fully saturated rings. The van der Waals surface area contributed by atoms with Crippen LogP contribution >= 0.6 is 38.5 Å². The van der Waals surface area contributed by atoms with Crippen LogP contribution in [0.25, 0.3) is 0 Å². The third-order valence-electron chi connectivity index (χ3n) is 3.02. The molecular weight excluding hydrogens is 401 g/mol. The summed E-state index contributed by atoms with van der Waals surface area (Å²) in [5, 5.41) is 19.1. The molecule has 0 radical (unpaired) electrons. The summed E-state index contributed by atoms with van der Waals surface area (Å²) in [6, 6.07) is 1.67. The van der Waals surface area contributed by atoms with Crippen molar-refractivity contribution in [3.8, 4) is 11.5 Å². The molecule has 1 atom stereocenters. The average molecular weight is 414 g/mol. The van der Waals surface area contributed by atoms with Gasteiger partial charge in [0.15, 0.2) is 16.1 Å². The summed E-state index contributed by atoms with van der Waals surface area (Å²) in [5.41, 5.74) is 0. The number of aromatic nitrogens is 1. The first-order valence-electron chi connectivity index (χ1n) is 5.44. The first-order valence-corrected chi connectivity index (χ1v) is 7.31. The molecule has 1 aromatic rings. The predicted octanol–water partition coefficient (Wildman–Crippen LogP) is 2.69. The van der Waals surface area contributed by atoms with Gasteiger partial charge in [-0.1, -0.05) is 6.42 Å². The zero-order valence-electron chi connectivity index (χ0n) is 9.07. The van der Waals surface area contributed by atoms with Gasteiger partial charge in [-0.05, 0) is 57.3 Å². The molecule has 0 spiro atoms. The molecule has 4 nitrogen and oxygen atoms in total. The number of ether oxygens (including phenoxy) is 1. The fourth-order valence-electron chi connectivity index (χ4n) is 1.80. The number of rotatable bonds is 4. The van der Waals surface area contributed by atoms with Gasteiger partial charge in [-0.3, -0.25) is 0 Å². The maximum atomic E-state index is 9.82. The lowest BCUT2D eigenvalue weighted by atomic mass is 9.81. The van der Waals surface area contributed by atoms with Crippen LogP contribution in [0.5, 0.6) is 11.5 Å². The summed E-state index contributed by atoms with van der Waals surface area (Å²) < 4.78 is 6.78. The molecule has 0 amide bonds. The summed E-state index contributed by atoms with van der Waals surface area (Å²) >= 11 is 5.22. The van der Waals surface area contributed by atoms with E-state index in [9.17, 15) is 10.2 Å². The minimum Gasteiger partial charge on any atom is -0.502 e. The van der Waals surface area contributed by atoms with Crippen LogP contribution in [0, 0.1) is 9.62 Å². The van der Waals surface area contributed by atoms with Crippen LogP contribution in [0.1, 0.15) is 19.3 Å². The first-order chi connectivity index (χ1) is 8.11. The number of halogens is 2. The van der Waals surface area contributed by atoms with Gasteiger partial charge in [0.2, 0.25) is 0 Å². The zero-order valence-corrected chi connectivity index (χ0v) is 12.8. The van der Waals surface area contributed by atoms with Gasteiger partial charge in [-0.25, -0.2) is 4.98 Å². The second-order valence-corrected chi connectivity index (χ2v) is 5.97. The summed E-state index contributed by atoms with van der Waals surface area (Å²) in [6.45, 7) is -0.0272. The standard InChI is InChI=1S/C11H13BrINO3/c12-11-10(16)7(4-9(13)14-11)17-8(5-15)6-2-1-3-6/h4,6,8,15-16H,1-3,5H2. The molecular formula is C11H13BrINO3. The summed E-state index contributed by atoms with van der Waals surface area (Å²) in [5.74, 6) is 0.759. The highest BCUT2D eigenvalue weighted by atomic mass is 127. The van der Waals surface area contributed by atoms with Crippen molar-refractivity contribution in [3.05, 3.63) is 14.4 Å². The third-order valence-corrected chi connectivity index (χ3v) is 4.12. The molecule has 2 rings (SSSR count). The quantitative estimate of drug-likeness (QED) is 0.588. The number of aliphatic hydroxyl groups excluding tert-OH is 1. The van der Waals surface area contributed by atoms with E-state index >= 15 is 0 Å². The van der Waals surface area contributed by atoms with Crippen molar-refractivity contribution >= 4 is 38.5 Å². The Balaban J connectivity index is 2.16. The Kier molecular flexibility index (Phi) is 4.48. The van der Waals surface area contributed by atoms with E-state index in [1.807, 2.05) is 0 Å². The van der Waals surface area contributed by atoms with E-state index in [0.29, 0.717) is 16.3 Å². The highest BCUT2D eigenvalue weighted by Crippen LogP contribution is 2.37. The van der Waals surface area contributed by atoms with Crippen LogP contribution in [0.2, 0.25) is 0 Å². The fraction of sp³-hybridized carbons (Fsp3) is 0.545. The topological polar surface area (TPSA) is 62.6 Å². The van der Waals surface area contributed by atoms with Gasteiger partial charge in [0.05, 0.1) is 6.61 Å². The Morgan fingerprint density at radius 2 is 2.29 bits per heavy atom. The van der Waals surface area contributed by atoms with Crippen LogP contribution in [-0.2, 0) is 0 Å². The van der Waals surface area contributed by atoms with Crippen LogP contribution in [0.4, 0.5) is 0 Å². The van der Waals surface area contributed by atoms with Crippen LogP contribution < -0.4 is 4.74 Å². The molecule has 1 heterocycles. The van der Waals surface area contributed by atoms with Crippen molar-refractivity contribution in [3.63, 3.8) is 0 Å². The van der Waals surface area contributed by atoms with Gasteiger partial charge in [0.1, 0.15) is 9.80 Å². The number of aromatic hydroxyl groups is 1. The molecule has 0 bridgehead atoms. The first kappa shape index (κ1) is 13.4. The Labute approximate surface area is 122 Å². The SMILES string of the molecule is OCC(Oc1cc(I)nc(Br)c1O)C1CCC1. The Morgan fingerprint density at radius 3 is 2.82 bits per heavy atom. The number of hydrogen-bond acceptors (Lipinski definition) is 4. The lowest BCUT2D eigenvalue weighted by molar-refractivity contribution is 0.0327. The van der Waals surface area contributed by atoms with Gasteiger partial charge in [-0.2, -0.15) is 0 Å². The van der Waals surface area contributed by atoms with Crippen molar-refractivity contribution in [1.82, 2.24) is 4.98 Å². The third kappa shape index (κ3) is 3.03. The van der Waals surface area contributed by atoms with E-state index in [2.05, 4.69) is 43.5 Å². The van der Waals surface area contributed by atoms with Gasteiger partial charge < -0.3 is 14.9 Å². The predicted molar refractivity (Wildman–Crippen MR) is 75.2 cm³/mol. The molecule has 1 aliphatic rings. The number of nitrogens with zero attached hydrogens (tertiary/aromatic N) is 1. The van der Waals surface area contributed by atoms with Gasteiger partial charge in [0, 0.05) is 6.07 Å². The van der Waals surface area contributed by atoms with Crippen LogP contribution in [0.15, 0.2) is 10.7 Å². The number of hydrogen-bond donors (Lipinski definition) is 2. The van der Waals surface area contributed by atoms with E-state index < -0.39 is 0 Å². The van der Waals surface area contributed by atoms with Crippen molar-refractivity contribution in [2.45, 2.75) is 25.4 Å². The molecule has 94 valence electrons. The van der Waals surface area contributed by atoms with Gasteiger partial charge >= 0.3 is 0 Å². The molecule has 1 saturated carbocycles. The molecule has 0 aromatic carbocycles. The Morgan fingerprint density at radius 1 is 1.59 bits per heavy atom. The van der Waals surface area contributed by atoms with Crippen molar-refractivity contribution in [2.75, 3.05) is 6.61 Å². The molecule has 1 unspecified atom stereocenters. The molecule has 0 saturated heterocycles. The van der Waals surface area contributed by atoms with Crippen LogP contribution in [0.3, 0.4) is 0 Å². The molecule has 1 aromatic heterocycles. The smallest absolute Gasteiger partial charge is 0.191 e. The van der Waals surface area contributed by atoms with E-state index in [4.69, 9.17) is 4.74 Å². The largest absolute Gasteiger partial charge is 0.502 e. The second kappa shape index (κ2) is 5.71. The normalized spacial score (nSPS) is 17.6. The minimum absolute atomic E-state index is 0.0109. The lowest BCUT2D eigenvalue weighted by Gasteiger charge is -2.32. The molecule has 17 heavy (non-hydrogen) atoms. The number of pyridine rings is 1. The van der Waals surface area contributed by atoms with Crippen molar-refractivity contribution in [2.24, 2.45) is 5.92 Å². The van der Waals surface area contributed by atoms with E-state index in [0.717, 1.165) is 16.5 Å². The monoisotopic (exact) mass is 413 g/mol. The Bertz CT molecular complexity index is 412. The van der Waals surface area contributed by atoms with Crippen LogP contribution in [-0.4, -0.2) is 27.9 Å². The molecule has 1 aliphatic carbocycles. The molecule has 2 N–H and O–H groups in total. The minimum atomic E-state index is -0.236. The van der Waals surface area contributed by atoms with Crippen molar-refractivity contribution < 1.29 is 14.9 Å². The summed E-state index contributed by atoms with van der Waals surface area (Å²) in [6.07, 6.45) is 3.11. The number of aliphatic hydroxyl groups is 1. The second-order valence-electron chi connectivity index (χ2n) is 4.11. The van der Waals surface area contributed by atoms with Crippen molar-refractivity contribution in [1.29, 1.82) is 0 Å². The van der Waals surface area contributed by atoms with Gasteiger partial charge in [0.25, 0.3) is 0 Å². The lowest BCUT2D eigenvalue weighted by Crippen LogP contribution is -2.35. The van der Waals surface area contributed by atoms with Gasteiger partial charge in [-0.15, -0.1) is 0 Å². The fourth-order valence-corrected chi connectivity index (χ4v) is 3.05. The molecule has 0 aliphatic heterocycles. The summed E-state index contributed by atoms with van der Waals surface area (Å²) in [4.78, 5) is 4.06. The van der Waals surface area contributed by atoms with E-state index in [1.165, 1.54) is 6.42 Å². The Hall–Kier alpha value is -0.0800. The van der Waals surface area contributed by atoms with E-state index in [1.54, 1.807) is 6.07 Å². The highest BCUT2D eigenvalue weighted by molar-refractivity contribution is 14.1. The maximum Gasteiger partial charge on any atom is 0.191 e. The van der Waals surface area contributed by atoms with E-state index in [-0.39, 0.29) is 18.5 Å². The summed E-state index contributed by atoms with van der Waals surface area (Å²) in [7, 11) is 0. The zero-order chi connectivity index (χ0) is 12.4. The maximum absolute atomic E-state index is 9.82. The molecule has 6 heteroatoms. The highest BCUT2D eigenvalue weighted by Gasteiger charge is 2.29. The average Bonchev–Trinajstić information content (AvgIpc) is 2.21.